The van der Waals surface area contributed by atoms with Gasteiger partial charge in [-0.1, -0.05) is 12.1 Å². The standard InChI is InChI=1S/C15H24FN3O/c1-12(17)3-8-15(20)18-9-10-19(2)11-13-4-6-14(16)7-5-13/h4-7,12H,3,8-11,17H2,1-2H3,(H,18,20). The summed E-state index contributed by atoms with van der Waals surface area (Å²) in [5.74, 6) is -0.185. The highest BCUT2D eigenvalue weighted by Gasteiger charge is 2.04. The number of likely N-dealkylation sites (N-methyl/N-ethyl adjacent to an activating group) is 1. The summed E-state index contributed by atoms with van der Waals surface area (Å²) < 4.78 is 12.8. The molecule has 0 aliphatic carbocycles. The first-order chi connectivity index (χ1) is 9.47. The number of nitrogens with zero attached hydrogens (tertiary/aromatic N) is 1. The van der Waals surface area contributed by atoms with Gasteiger partial charge in [-0.15, -0.1) is 0 Å². The average molecular weight is 281 g/mol. The summed E-state index contributed by atoms with van der Waals surface area (Å²) >= 11 is 0. The van der Waals surface area contributed by atoms with Crippen LogP contribution in [0.3, 0.4) is 0 Å². The van der Waals surface area contributed by atoms with Crippen LogP contribution in [0.25, 0.3) is 0 Å². The van der Waals surface area contributed by atoms with Crippen molar-refractivity contribution in [1.29, 1.82) is 0 Å². The minimum Gasteiger partial charge on any atom is -0.355 e. The number of nitrogens with one attached hydrogen (secondary N) is 1. The highest BCUT2D eigenvalue weighted by Crippen LogP contribution is 2.05. The fraction of sp³-hybridized carbons (Fsp3) is 0.533. The Kier molecular flexibility index (Phi) is 7.18. The highest BCUT2D eigenvalue weighted by molar-refractivity contribution is 5.75. The summed E-state index contributed by atoms with van der Waals surface area (Å²) in [4.78, 5) is 13.6. The Bertz CT molecular complexity index is 406. The first kappa shape index (κ1) is 16.6. The third-order valence-electron chi connectivity index (χ3n) is 3.01. The van der Waals surface area contributed by atoms with Crippen LogP contribution in [-0.4, -0.2) is 37.0 Å². The van der Waals surface area contributed by atoms with E-state index in [1.165, 1.54) is 12.1 Å². The molecule has 0 saturated heterocycles. The van der Waals surface area contributed by atoms with Crippen LogP contribution >= 0.6 is 0 Å². The maximum atomic E-state index is 12.8. The van der Waals surface area contributed by atoms with Crippen LogP contribution in [0.4, 0.5) is 4.39 Å². The molecule has 1 unspecified atom stereocenters. The van der Waals surface area contributed by atoms with Gasteiger partial charge in [0.25, 0.3) is 0 Å². The van der Waals surface area contributed by atoms with E-state index in [4.69, 9.17) is 5.73 Å². The summed E-state index contributed by atoms with van der Waals surface area (Å²) in [5, 5.41) is 2.87. The molecule has 3 N–H and O–H groups in total. The Balaban J connectivity index is 2.18. The van der Waals surface area contributed by atoms with Crippen molar-refractivity contribution >= 4 is 5.91 Å². The molecule has 0 aliphatic rings. The first-order valence-corrected chi connectivity index (χ1v) is 6.92. The summed E-state index contributed by atoms with van der Waals surface area (Å²) in [6.45, 7) is 3.98. The summed E-state index contributed by atoms with van der Waals surface area (Å²) in [6.07, 6.45) is 1.18. The summed E-state index contributed by atoms with van der Waals surface area (Å²) in [6, 6.07) is 6.51. The van der Waals surface area contributed by atoms with E-state index in [0.717, 1.165) is 18.7 Å². The van der Waals surface area contributed by atoms with Gasteiger partial charge in [-0.25, -0.2) is 4.39 Å². The van der Waals surface area contributed by atoms with E-state index in [1.807, 2.05) is 14.0 Å². The van der Waals surface area contributed by atoms with Gasteiger partial charge < -0.3 is 16.0 Å². The number of rotatable bonds is 8. The molecule has 112 valence electrons. The molecule has 1 atom stereocenters. The molecule has 0 radical (unpaired) electrons. The van der Waals surface area contributed by atoms with Crippen molar-refractivity contribution in [1.82, 2.24) is 10.2 Å². The number of carbonyl (C=O) groups is 1. The van der Waals surface area contributed by atoms with Gasteiger partial charge >= 0.3 is 0 Å². The minimum absolute atomic E-state index is 0.0393. The number of hydrogen-bond donors (Lipinski definition) is 2. The monoisotopic (exact) mass is 281 g/mol. The predicted molar refractivity (Wildman–Crippen MR) is 78.6 cm³/mol. The van der Waals surface area contributed by atoms with Crippen LogP contribution in [0.15, 0.2) is 24.3 Å². The van der Waals surface area contributed by atoms with E-state index in [0.29, 0.717) is 19.4 Å². The third kappa shape index (κ3) is 7.21. The predicted octanol–water partition coefficient (Wildman–Crippen LogP) is 1.50. The van der Waals surface area contributed by atoms with Gasteiger partial charge in [0.05, 0.1) is 0 Å². The van der Waals surface area contributed by atoms with Gasteiger partial charge in [-0.2, -0.15) is 0 Å². The van der Waals surface area contributed by atoms with Gasteiger partial charge in [0.2, 0.25) is 5.91 Å². The maximum absolute atomic E-state index is 12.8. The maximum Gasteiger partial charge on any atom is 0.220 e. The van der Waals surface area contributed by atoms with Crippen LogP contribution in [0.2, 0.25) is 0 Å². The van der Waals surface area contributed by atoms with Crippen LogP contribution in [0.1, 0.15) is 25.3 Å². The quantitative estimate of drug-likeness (QED) is 0.759. The fourth-order valence-corrected chi connectivity index (χ4v) is 1.81. The normalized spacial score (nSPS) is 12.4. The molecule has 5 heteroatoms. The lowest BCUT2D eigenvalue weighted by atomic mass is 10.2. The largest absolute Gasteiger partial charge is 0.355 e. The molecule has 0 fully saturated rings. The van der Waals surface area contributed by atoms with Gasteiger partial charge in [0.15, 0.2) is 0 Å². The molecule has 0 heterocycles. The van der Waals surface area contributed by atoms with Gasteiger partial charge in [0, 0.05) is 32.1 Å². The van der Waals surface area contributed by atoms with E-state index >= 15 is 0 Å². The van der Waals surface area contributed by atoms with Gasteiger partial charge in [-0.05, 0) is 38.1 Å². The number of nitrogens with two attached hydrogens (primary N) is 1. The van der Waals surface area contributed by atoms with E-state index in [9.17, 15) is 9.18 Å². The Morgan fingerprint density at radius 3 is 2.65 bits per heavy atom. The first-order valence-electron chi connectivity index (χ1n) is 6.92. The molecular formula is C15H24FN3O. The zero-order chi connectivity index (χ0) is 15.0. The molecule has 1 amide bonds. The molecular weight excluding hydrogens is 257 g/mol. The van der Waals surface area contributed by atoms with Crippen molar-refractivity contribution in [3.8, 4) is 0 Å². The van der Waals surface area contributed by atoms with Crippen molar-refractivity contribution in [3.05, 3.63) is 35.6 Å². The van der Waals surface area contributed by atoms with Crippen LogP contribution in [0.5, 0.6) is 0 Å². The van der Waals surface area contributed by atoms with E-state index < -0.39 is 0 Å². The number of carbonyl (C=O) groups excluding carboxylic acids is 1. The molecule has 0 bridgehead atoms. The van der Waals surface area contributed by atoms with Crippen molar-refractivity contribution < 1.29 is 9.18 Å². The second kappa shape index (κ2) is 8.66. The molecule has 1 aromatic rings. The van der Waals surface area contributed by atoms with E-state index in [1.54, 1.807) is 12.1 Å². The zero-order valence-corrected chi connectivity index (χ0v) is 12.2. The second-order valence-electron chi connectivity index (χ2n) is 5.23. The van der Waals surface area contributed by atoms with Gasteiger partial charge in [-0.3, -0.25) is 4.79 Å². The van der Waals surface area contributed by atoms with Crippen LogP contribution in [-0.2, 0) is 11.3 Å². The highest BCUT2D eigenvalue weighted by atomic mass is 19.1. The number of benzene rings is 1. The lowest BCUT2D eigenvalue weighted by Crippen LogP contribution is -2.33. The zero-order valence-electron chi connectivity index (χ0n) is 12.2. The minimum atomic E-state index is -0.224. The Hall–Kier alpha value is -1.46. The van der Waals surface area contributed by atoms with Crippen LogP contribution in [0, 0.1) is 5.82 Å². The van der Waals surface area contributed by atoms with Crippen molar-refractivity contribution in [2.24, 2.45) is 5.73 Å². The smallest absolute Gasteiger partial charge is 0.220 e. The lowest BCUT2D eigenvalue weighted by Gasteiger charge is -2.17. The number of halogens is 1. The van der Waals surface area contributed by atoms with Gasteiger partial charge in [0.1, 0.15) is 5.82 Å². The summed E-state index contributed by atoms with van der Waals surface area (Å²) in [5.41, 5.74) is 6.65. The fourth-order valence-electron chi connectivity index (χ4n) is 1.81. The van der Waals surface area contributed by atoms with Crippen LogP contribution < -0.4 is 11.1 Å². The second-order valence-corrected chi connectivity index (χ2v) is 5.23. The number of amides is 1. The summed E-state index contributed by atoms with van der Waals surface area (Å²) in [7, 11) is 1.97. The van der Waals surface area contributed by atoms with Crippen molar-refractivity contribution in [2.45, 2.75) is 32.4 Å². The lowest BCUT2D eigenvalue weighted by molar-refractivity contribution is -0.121. The SMILES string of the molecule is CC(N)CCC(=O)NCCN(C)Cc1ccc(F)cc1. The molecule has 1 aromatic carbocycles. The third-order valence-corrected chi connectivity index (χ3v) is 3.01. The molecule has 0 spiro atoms. The Morgan fingerprint density at radius 1 is 1.40 bits per heavy atom. The van der Waals surface area contributed by atoms with E-state index in [2.05, 4.69) is 10.2 Å². The topological polar surface area (TPSA) is 58.4 Å². The number of hydrogen-bond acceptors (Lipinski definition) is 3. The van der Waals surface area contributed by atoms with Crippen molar-refractivity contribution in [3.63, 3.8) is 0 Å². The Labute approximate surface area is 120 Å². The molecule has 0 aliphatic heterocycles. The molecule has 20 heavy (non-hydrogen) atoms. The van der Waals surface area contributed by atoms with Crippen molar-refractivity contribution in [2.75, 3.05) is 20.1 Å². The molecule has 1 rings (SSSR count). The Morgan fingerprint density at radius 2 is 2.05 bits per heavy atom. The molecule has 0 aromatic heterocycles. The molecule has 4 nitrogen and oxygen atoms in total. The molecule has 0 saturated carbocycles. The average Bonchev–Trinajstić information content (AvgIpc) is 2.39. The van der Waals surface area contributed by atoms with E-state index in [-0.39, 0.29) is 17.8 Å².